The molecule has 0 saturated heterocycles. The number of carbonyl (C=O) groups is 2. The van der Waals surface area contributed by atoms with Gasteiger partial charge in [-0.25, -0.2) is 15.0 Å². The molecule has 2 amide bonds. The molecule has 3 N–H and O–H groups in total. The Morgan fingerprint density at radius 3 is 2.56 bits per heavy atom. The number of pyridine rings is 1. The van der Waals surface area contributed by atoms with E-state index in [9.17, 15) is 9.59 Å². The molecule has 0 aliphatic rings. The molecule has 90 valence electrons. The summed E-state index contributed by atoms with van der Waals surface area (Å²) in [4.78, 5) is 33.9. The zero-order chi connectivity index (χ0) is 13.0. The quantitative estimate of drug-likeness (QED) is 0.801. The van der Waals surface area contributed by atoms with Crippen LogP contribution in [0.5, 0.6) is 0 Å². The minimum atomic E-state index is -0.573. The third-order valence-corrected chi connectivity index (χ3v) is 2.10. The Morgan fingerprint density at radius 1 is 1.17 bits per heavy atom. The van der Waals surface area contributed by atoms with Crippen molar-refractivity contribution in [3.63, 3.8) is 0 Å². The zero-order valence-corrected chi connectivity index (χ0v) is 9.20. The number of nitrogens with two attached hydrogens (primary N) is 1. The van der Waals surface area contributed by atoms with Crippen LogP contribution in [0.2, 0.25) is 0 Å². The summed E-state index contributed by atoms with van der Waals surface area (Å²) in [6.45, 7) is 0. The van der Waals surface area contributed by atoms with Gasteiger partial charge in [-0.15, -0.1) is 0 Å². The summed E-state index contributed by atoms with van der Waals surface area (Å²) in [6, 6.07) is 4.44. The maximum absolute atomic E-state index is 11.7. The Labute approximate surface area is 102 Å². The largest absolute Gasteiger partial charge is 0.366 e. The van der Waals surface area contributed by atoms with E-state index in [1.165, 1.54) is 36.9 Å². The van der Waals surface area contributed by atoms with Crippen LogP contribution in [0.15, 0.2) is 36.9 Å². The molecule has 2 rings (SSSR count). The van der Waals surface area contributed by atoms with E-state index in [0.29, 0.717) is 5.82 Å². The molecule has 7 nitrogen and oxygen atoms in total. The van der Waals surface area contributed by atoms with E-state index in [-0.39, 0.29) is 11.3 Å². The van der Waals surface area contributed by atoms with Crippen molar-refractivity contribution in [3.8, 4) is 0 Å². The molecular weight excluding hydrogens is 234 g/mol. The Balaban J connectivity index is 2.10. The predicted molar refractivity (Wildman–Crippen MR) is 62.7 cm³/mol. The molecule has 18 heavy (non-hydrogen) atoms. The van der Waals surface area contributed by atoms with Gasteiger partial charge in [0.2, 0.25) is 5.91 Å². The molecule has 2 aromatic heterocycles. The van der Waals surface area contributed by atoms with Crippen LogP contribution < -0.4 is 11.1 Å². The number of carbonyl (C=O) groups excluding carboxylic acids is 2. The predicted octanol–water partition coefficient (Wildman–Crippen LogP) is 0.223. The second-order valence-corrected chi connectivity index (χ2v) is 3.35. The molecule has 0 fully saturated rings. The van der Waals surface area contributed by atoms with Crippen LogP contribution >= 0.6 is 0 Å². The zero-order valence-electron chi connectivity index (χ0n) is 9.20. The molecule has 0 bridgehead atoms. The van der Waals surface area contributed by atoms with Crippen molar-refractivity contribution in [1.82, 2.24) is 15.0 Å². The minimum absolute atomic E-state index is 0.228. The topological polar surface area (TPSA) is 111 Å². The number of rotatable bonds is 3. The highest BCUT2D eigenvalue weighted by Gasteiger charge is 2.08. The van der Waals surface area contributed by atoms with Gasteiger partial charge < -0.3 is 11.1 Å². The maximum Gasteiger partial charge on any atom is 0.275 e. The summed E-state index contributed by atoms with van der Waals surface area (Å²) < 4.78 is 0. The summed E-state index contributed by atoms with van der Waals surface area (Å²) >= 11 is 0. The van der Waals surface area contributed by atoms with Crippen LogP contribution in [0.4, 0.5) is 5.82 Å². The number of nitrogens with zero attached hydrogens (tertiary/aromatic N) is 3. The van der Waals surface area contributed by atoms with E-state index < -0.39 is 11.8 Å². The van der Waals surface area contributed by atoms with Gasteiger partial charge in [-0.2, -0.15) is 0 Å². The first-order chi connectivity index (χ1) is 8.66. The summed E-state index contributed by atoms with van der Waals surface area (Å²) in [6.07, 6.45) is 4.03. The van der Waals surface area contributed by atoms with E-state index in [4.69, 9.17) is 5.73 Å². The number of amides is 2. The van der Waals surface area contributed by atoms with Crippen LogP contribution in [0, 0.1) is 0 Å². The van der Waals surface area contributed by atoms with Crippen LogP contribution in [0.1, 0.15) is 20.8 Å². The minimum Gasteiger partial charge on any atom is -0.366 e. The molecule has 2 aromatic rings. The first kappa shape index (κ1) is 11.6. The highest BCUT2D eigenvalue weighted by molar-refractivity contribution is 6.02. The average molecular weight is 243 g/mol. The fourth-order valence-electron chi connectivity index (χ4n) is 1.22. The smallest absolute Gasteiger partial charge is 0.275 e. The molecule has 2 heterocycles. The van der Waals surface area contributed by atoms with E-state index in [0.717, 1.165) is 0 Å². The average Bonchev–Trinajstić information content (AvgIpc) is 2.40. The number of aromatic nitrogens is 3. The molecule has 0 spiro atoms. The van der Waals surface area contributed by atoms with Crippen LogP contribution in [0.3, 0.4) is 0 Å². The SMILES string of the molecule is NC(=O)c1ccc(NC(=O)c2ccncn2)nc1. The molecule has 0 atom stereocenters. The molecular formula is C11H9N5O2. The highest BCUT2D eigenvalue weighted by atomic mass is 16.2. The van der Waals surface area contributed by atoms with Gasteiger partial charge in [0.15, 0.2) is 0 Å². The van der Waals surface area contributed by atoms with E-state index in [2.05, 4.69) is 20.3 Å². The van der Waals surface area contributed by atoms with Crippen molar-refractivity contribution < 1.29 is 9.59 Å². The van der Waals surface area contributed by atoms with Gasteiger partial charge in [-0.3, -0.25) is 9.59 Å². The first-order valence-electron chi connectivity index (χ1n) is 5.00. The summed E-state index contributed by atoms with van der Waals surface area (Å²) in [5.74, 6) is -0.670. The summed E-state index contributed by atoms with van der Waals surface area (Å²) in [5, 5.41) is 2.53. The van der Waals surface area contributed by atoms with E-state index in [1.807, 2.05) is 0 Å². The number of primary amides is 1. The van der Waals surface area contributed by atoms with Gasteiger partial charge in [0.1, 0.15) is 17.8 Å². The van der Waals surface area contributed by atoms with Crippen molar-refractivity contribution in [2.24, 2.45) is 5.73 Å². The van der Waals surface area contributed by atoms with Crippen molar-refractivity contribution in [3.05, 3.63) is 48.2 Å². The fraction of sp³-hybridized carbons (Fsp3) is 0. The highest BCUT2D eigenvalue weighted by Crippen LogP contribution is 2.06. The number of hydrogen-bond acceptors (Lipinski definition) is 5. The molecule has 0 saturated carbocycles. The lowest BCUT2D eigenvalue weighted by Gasteiger charge is -2.03. The third kappa shape index (κ3) is 2.64. The van der Waals surface area contributed by atoms with Gasteiger partial charge >= 0.3 is 0 Å². The van der Waals surface area contributed by atoms with Crippen LogP contribution in [-0.2, 0) is 0 Å². The Bertz CT molecular complexity index is 568. The third-order valence-electron chi connectivity index (χ3n) is 2.10. The maximum atomic E-state index is 11.7. The van der Waals surface area contributed by atoms with Gasteiger partial charge in [0.25, 0.3) is 5.91 Å². The lowest BCUT2D eigenvalue weighted by Crippen LogP contribution is -2.15. The number of anilines is 1. The molecule has 0 aliphatic heterocycles. The van der Waals surface area contributed by atoms with E-state index >= 15 is 0 Å². The van der Waals surface area contributed by atoms with Gasteiger partial charge in [0.05, 0.1) is 5.56 Å². The standard InChI is InChI=1S/C11H9N5O2/c12-10(17)7-1-2-9(14-5-7)16-11(18)8-3-4-13-6-15-8/h1-6H,(H2,12,17)(H,14,16,18). The van der Waals surface area contributed by atoms with Crippen LogP contribution in [0.25, 0.3) is 0 Å². The second-order valence-electron chi connectivity index (χ2n) is 3.35. The van der Waals surface area contributed by atoms with Gasteiger partial charge in [0, 0.05) is 12.4 Å². The Morgan fingerprint density at radius 2 is 2.00 bits per heavy atom. The molecule has 0 aromatic carbocycles. The Hall–Kier alpha value is -2.83. The molecule has 7 heteroatoms. The number of hydrogen-bond donors (Lipinski definition) is 2. The monoisotopic (exact) mass is 243 g/mol. The van der Waals surface area contributed by atoms with Crippen LogP contribution in [-0.4, -0.2) is 26.8 Å². The lowest BCUT2D eigenvalue weighted by atomic mass is 10.3. The summed E-state index contributed by atoms with van der Waals surface area (Å²) in [5.41, 5.74) is 5.57. The fourth-order valence-corrected chi connectivity index (χ4v) is 1.22. The summed E-state index contributed by atoms with van der Waals surface area (Å²) in [7, 11) is 0. The van der Waals surface area contributed by atoms with Gasteiger partial charge in [-0.05, 0) is 18.2 Å². The normalized spacial score (nSPS) is 9.78. The Kier molecular flexibility index (Phi) is 3.24. The molecule has 0 radical (unpaired) electrons. The van der Waals surface area contributed by atoms with Crippen molar-refractivity contribution in [2.75, 3.05) is 5.32 Å². The molecule has 0 aliphatic carbocycles. The van der Waals surface area contributed by atoms with E-state index in [1.54, 1.807) is 0 Å². The van der Waals surface area contributed by atoms with Crippen molar-refractivity contribution in [1.29, 1.82) is 0 Å². The van der Waals surface area contributed by atoms with Crippen molar-refractivity contribution in [2.45, 2.75) is 0 Å². The molecule has 0 unspecified atom stereocenters. The number of nitrogens with one attached hydrogen (secondary N) is 1. The second kappa shape index (κ2) is 5.00. The first-order valence-corrected chi connectivity index (χ1v) is 5.00. The van der Waals surface area contributed by atoms with Crippen molar-refractivity contribution >= 4 is 17.6 Å². The lowest BCUT2D eigenvalue weighted by molar-refractivity contribution is 0.0997. The van der Waals surface area contributed by atoms with Gasteiger partial charge in [-0.1, -0.05) is 0 Å².